The first kappa shape index (κ1) is 25.1. The molecule has 3 aromatic rings. The second-order valence-corrected chi connectivity index (χ2v) is 8.77. The van der Waals surface area contributed by atoms with Crippen molar-refractivity contribution in [2.45, 2.75) is 38.1 Å². The molecule has 6 nitrogen and oxygen atoms in total. The molecule has 2 aromatic carbocycles. The van der Waals surface area contributed by atoms with E-state index in [-0.39, 0.29) is 29.5 Å². The van der Waals surface area contributed by atoms with Crippen LogP contribution in [-0.4, -0.2) is 35.1 Å². The Kier molecular flexibility index (Phi) is 8.41. The fourth-order valence-electron chi connectivity index (χ4n) is 2.90. The molecule has 10 heteroatoms. The molecule has 0 fully saturated rings. The van der Waals surface area contributed by atoms with Crippen molar-refractivity contribution in [2.24, 2.45) is 5.73 Å². The summed E-state index contributed by atoms with van der Waals surface area (Å²) in [5.74, 6) is -0.236. The molecule has 0 saturated carbocycles. The molecule has 33 heavy (non-hydrogen) atoms. The molecule has 0 saturated heterocycles. The second kappa shape index (κ2) is 11.1. The van der Waals surface area contributed by atoms with Crippen LogP contribution in [0.1, 0.15) is 35.9 Å². The molecular weight excluding hydrogens is 455 g/mol. The minimum Gasteiger partial charge on any atom is -0.493 e. The molecule has 0 spiro atoms. The molecule has 1 atom stereocenters. The molecule has 3 N–H and O–H groups in total. The van der Waals surface area contributed by atoms with E-state index in [1.165, 1.54) is 12.1 Å². The molecule has 0 radical (unpaired) electrons. The number of alkyl halides is 3. The third-order valence-corrected chi connectivity index (χ3v) is 6.08. The maximum Gasteiger partial charge on any atom is 0.419 e. The molecule has 1 unspecified atom stereocenters. The molecule has 0 aliphatic heterocycles. The minimum absolute atomic E-state index is 0.141. The lowest BCUT2D eigenvalue weighted by atomic mass is 10.1. The fraction of sp³-hybridized carbons (Fsp3) is 0.391. The lowest BCUT2D eigenvalue weighted by molar-refractivity contribution is -0.138. The fourth-order valence-corrected chi connectivity index (χ4v) is 3.79. The molecule has 1 aromatic heterocycles. The summed E-state index contributed by atoms with van der Waals surface area (Å²) < 4.78 is 51.9. The molecule has 0 aliphatic rings. The lowest BCUT2D eigenvalue weighted by Gasteiger charge is -2.17. The molecule has 3 rings (SSSR count). The molecule has 0 aliphatic carbocycles. The zero-order valence-electron chi connectivity index (χ0n) is 18.1. The molecule has 0 amide bonds. The minimum atomic E-state index is -4.59. The van der Waals surface area contributed by atoms with Crippen LogP contribution >= 0.6 is 11.3 Å². The number of hydrogen-bond donors (Lipinski definition) is 2. The molecular formula is C23H26F3N3O3S. The van der Waals surface area contributed by atoms with Gasteiger partial charge in [0.2, 0.25) is 0 Å². The van der Waals surface area contributed by atoms with Gasteiger partial charge in [0.1, 0.15) is 15.8 Å². The Morgan fingerprint density at radius 3 is 2.45 bits per heavy atom. The number of nitrogens with zero attached hydrogens (tertiary/aromatic N) is 2. The maximum atomic E-state index is 13.6. The topological polar surface area (TPSA) is 90.5 Å². The highest BCUT2D eigenvalue weighted by molar-refractivity contribution is 7.14. The number of aromatic nitrogens is 2. The van der Waals surface area contributed by atoms with E-state index < -0.39 is 17.3 Å². The van der Waals surface area contributed by atoms with Gasteiger partial charge in [-0.1, -0.05) is 41.7 Å². The third kappa shape index (κ3) is 6.97. The maximum absolute atomic E-state index is 13.6. The van der Waals surface area contributed by atoms with Crippen LogP contribution < -0.4 is 10.5 Å². The average Bonchev–Trinajstić information content (AvgIpc) is 3.30. The Balaban J connectivity index is 1.57. The van der Waals surface area contributed by atoms with Gasteiger partial charge in [-0.15, -0.1) is 10.2 Å². The largest absolute Gasteiger partial charge is 0.493 e. The van der Waals surface area contributed by atoms with Gasteiger partial charge in [-0.05, 0) is 43.5 Å². The highest BCUT2D eigenvalue weighted by atomic mass is 32.1. The van der Waals surface area contributed by atoms with E-state index in [0.29, 0.717) is 31.1 Å². The average molecular weight is 482 g/mol. The number of rotatable bonds is 11. The van der Waals surface area contributed by atoms with Crippen molar-refractivity contribution in [1.82, 2.24) is 10.2 Å². The monoisotopic (exact) mass is 481 g/mol. The van der Waals surface area contributed by atoms with Crippen LogP contribution in [0.4, 0.5) is 13.2 Å². The van der Waals surface area contributed by atoms with Crippen molar-refractivity contribution < 1.29 is 27.8 Å². The van der Waals surface area contributed by atoms with Gasteiger partial charge in [-0.2, -0.15) is 13.2 Å². The Morgan fingerprint density at radius 1 is 1.03 bits per heavy atom. The Morgan fingerprint density at radius 2 is 1.76 bits per heavy atom. The van der Waals surface area contributed by atoms with Gasteiger partial charge < -0.3 is 20.3 Å². The van der Waals surface area contributed by atoms with Gasteiger partial charge in [0, 0.05) is 12.2 Å². The van der Waals surface area contributed by atoms with Gasteiger partial charge in [0.15, 0.2) is 0 Å². The van der Waals surface area contributed by atoms with Crippen molar-refractivity contribution in [2.75, 3.05) is 19.8 Å². The van der Waals surface area contributed by atoms with Crippen LogP contribution in [0.5, 0.6) is 5.75 Å². The Hall–Kier alpha value is -2.53. The van der Waals surface area contributed by atoms with Crippen LogP contribution in [-0.2, 0) is 23.1 Å². The number of unbranched alkanes of at least 4 members (excludes halogenated alkanes) is 1. The van der Waals surface area contributed by atoms with E-state index in [0.717, 1.165) is 23.0 Å². The quantitative estimate of drug-likeness (QED) is 0.384. The van der Waals surface area contributed by atoms with Crippen LogP contribution in [0.2, 0.25) is 0 Å². The van der Waals surface area contributed by atoms with E-state index in [9.17, 15) is 18.3 Å². The Bertz CT molecular complexity index is 1030. The first-order valence-corrected chi connectivity index (χ1v) is 11.2. The van der Waals surface area contributed by atoms with Crippen molar-refractivity contribution in [1.29, 1.82) is 0 Å². The molecule has 1 heterocycles. The highest BCUT2D eigenvalue weighted by Crippen LogP contribution is 2.39. The van der Waals surface area contributed by atoms with E-state index in [4.69, 9.17) is 15.2 Å². The number of hydrogen-bond acceptors (Lipinski definition) is 7. The van der Waals surface area contributed by atoms with Crippen LogP contribution in [0, 0.1) is 0 Å². The van der Waals surface area contributed by atoms with Crippen molar-refractivity contribution in [3.8, 4) is 16.3 Å². The number of halogens is 3. The van der Waals surface area contributed by atoms with Crippen LogP contribution in [0.3, 0.4) is 0 Å². The van der Waals surface area contributed by atoms with Gasteiger partial charge in [0.25, 0.3) is 0 Å². The second-order valence-electron chi connectivity index (χ2n) is 7.79. The van der Waals surface area contributed by atoms with E-state index in [1.807, 2.05) is 30.3 Å². The summed E-state index contributed by atoms with van der Waals surface area (Å²) in [6.45, 7) is 2.34. The number of aliphatic hydroxyl groups excluding tert-OH is 1. The van der Waals surface area contributed by atoms with Crippen molar-refractivity contribution >= 4 is 11.3 Å². The predicted molar refractivity (Wildman–Crippen MR) is 120 cm³/mol. The van der Waals surface area contributed by atoms with Crippen LogP contribution in [0.25, 0.3) is 10.6 Å². The van der Waals surface area contributed by atoms with Gasteiger partial charge in [0.05, 0.1) is 30.9 Å². The van der Waals surface area contributed by atoms with E-state index >= 15 is 0 Å². The van der Waals surface area contributed by atoms with Gasteiger partial charge >= 0.3 is 6.18 Å². The Labute approximate surface area is 194 Å². The number of nitrogens with two attached hydrogens (primary N) is 1. The summed E-state index contributed by atoms with van der Waals surface area (Å²) >= 11 is 1.04. The number of aliphatic hydroxyl groups is 1. The zero-order valence-corrected chi connectivity index (χ0v) is 19.0. The zero-order chi connectivity index (χ0) is 23.9. The van der Waals surface area contributed by atoms with Crippen molar-refractivity contribution in [3.63, 3.8) is 0 Å². The summed E-state index contributed by atoms with van der Waals surface area (Å²) in [5, 5.41) is 17.8. The highest BCUT2D eigenvalue weighted by Gasteiger charge is 2.35. The summed E-state index contributed by atoms with van der Waals surface area (Å²) in [4.78, 5) is 0. The molecule has 178 valence electrons. The summed E-state index contributed by atoms with van der Waals surface area (Å²) in [7, 11) is 0. The van der Waals surface area contributed by atoms with Gasteiger partial charge in [-0.3, -0.25) is 0 Å². The smallest absolute Gasteiger partial charge is 0.419 e. The van der Waals surface area contributed by atoms with E-state index in [1.54, 1.807) is 6.92 Å². The SMILES string of the molecule is CC(N)(CO)c1nnc(-c2ccc(OCCCCOCc3ccccc3)c(C(F)(F)F)c2)s1. The summed E-state index contributed by atoms with van der Waals surface area (Å²) in [6.07, 6.45) is -3.36. The van der Waals surface area contributed by atoms with Crippen LogP contribution in [0.15, 0.2) is 48.5 Å². The number of benzene rings is 2. The predicted octanol–water partition coefficient (Wildman–Crippen LogP) is 4.77. The lowest BCUT2D eigenvalue weighted by Crippen LogP contribution is -2.36. The number of ether oxygens (including phenoxy) is 2. The summed E-state index contributed by atoms with van der Waals surface area (Å²) in [6, 6.07) is 13.5. The normalized spacial score (nSPS) is 13.6. The van der Waals surface area contributed by atoms with Gasteiger partial charge in [-0.25, -0.2) is 0 Å². The molecule has 0 bridgehead atoms. The van der Waals surface area contributed by atoms with E-state index in [2.05, 4.69) is 10.2 Å². The first-order chi connectivity index (χ1) is 15.7. The standard InChI is InChI=1S/C23H26F3N3O3S/c1-22(27,15-30)21-29-28-20(33-21)17-9-10-19(18(13-17)23(24,25)26)32-12-6-5-11-31-14-16-7-3-2-4-8-16/h2-4,7-10,13,30H,5-6,11-12,14-15,27H2,1H3. The summed E-state index contributed by atoms with van der Waals surface area (Å²) in [5.41, 5.74) is 5.25. The van der Waals surface area contributed by atoms with Crippen molar-refractivity contribution in [3.05, 3.63) is 64.7 Å². The first-order valence-electron chi connectivity index (χ1n) is 10.4. The third-order valence-electron chi connectivity index (χ3n) is 4.83.